The van der Waals surface area contributed by atoms with Gasteiger partial charge in [-0.05, 0) is 23.7 Å². The molecule has 27 heavy (non-hydrogen) atoms. The molecular formula is C19H34N2O6. The molecule has 0 aliphatic heterocycles. The van der Waals surface area contributed by atoms with Crippen LogP contribution in [0, 0.1) is 10.8 Å². The Balaban J connectivity index is 2.85. The van der Waals surface area contributed by atoms with Gasteiger partial charge in [-0.2, -0.15) is 0 Å². The molecule has 0 aromatic carbocycles. The number of nitrogens with two attached hydrogens (primary N) is 1. The second-order valence-corrected chi connectivity index (χ2v) is 8.69. The molecule has 0 spiro atoms. The number of nitrogens with one attached hydrogen (secondary N) is 1. The minimum atomic E-state index is -1.25. The van der Waals surface area contributed by atoms with Gasteiger partial charge < -0.3 is 25.6 Å². The van der Waals surface area contributed by atoms with E-state index in [1.54, 1.807) is 0 Å². The van der Waals surface area contributed by atoms with E-state index in [1.165, 1.54) is 7.11 Å². The van der Waals surface area contributed by atoms with Crippen LogP contribution in [0.4, 0.5) is 0 Å². The van der Waals surface area contributed by atoms with E-state index in [9.17, 15) is 14.4 Å². The van der Waals surface area contributed by atoms with Gasteiger partial charge in [0.15, 0.2) is 6.04 Å². The van der Waals surface area contributed by atoms with Crippen LogP contribution >= 0.6 is 0 Å². The summed E-state index contributed by atoms with van der Waals surface area (Å²) in [6.07, 6.45) is 3.64. The number of hydrogen-bond donors (Lipinski definition) is 3. The summed E-state index contributed by atoms with van der Waals surface area (Å²) in [5, 5.41) is 11.2. The van der Waals surface area contributed by atoms with Crippen molar-refractivity contribution in [2.24, 2.45) is 16.6 Å². The Hall–Kier alpha value is -1.67. The number of carbonyl (C=O) groups excluding carboxylic acids is 2. The highest BCUT2D eigenvalue weighted by Gasteiger charge is 2.43. The highest BCUT2D eigenvalue weighted by atomic mass is 16.5. The highest BCUT2D eigenvalue weighted by Crippen LogP contribution is 2.46. The first-order valence-electron chi connectivity index (χ1n) is 9.38. The summed E-state index contributed by atoms with van der Waals surface area (Å²) >= 11 is 0. The van der Waals surface area contributed by atoms with Gasteiger partial charge in [0.2, 0.25) is 5.91 Å². The van der Waals surface area contributed by atoms with Crippen molar-refractivity contribution < 1.29 is 29.0 Å². The van der Waals surface area contributed by atoms with E-state index in [2.05, 4.69) is 33.0 Å². The summed E-state index contributed by atoms with van der Waals surface area (Å²) in [5.41, 5.74) is 5.41. The zero-order valence-corrected chi connectivity index (χ0v) is 17.0. The molecule has 0 aromatic rings. The third-order valence-corrected chi connectivity index (χ3v) is 5.27. The van der Waals surface area contributed by atoms with E-state index < -0.39 is 36.4 Å². The van der Waals surface area contributed by atoms with Crippen LogP contribution in [0.5, 0.6) is 0 Å². The first-order valence-corrected chi connectivity index (χ1v) is 9.38. The Morgan fingerprint density at radius 2 is 1.67 bits per heavy atom. The van der Waals surface area contributed by atoms with Crippen LogP contribution in [0.1, 0.15) is 59.8 Å². The molecule has 0 bridgehead atoms. The normalized spacial score (nSPS) is 21.6. The van der Waals surface area contributed by atoms with E-state index in [1.807, 2.05) is 0 Å². The number of esters is 1. The van der Waals surface area contributed by atoms with Gasteiger partial charge in [0.25, 0.3) is 0 Å². The molecule has 1 rings (SSSR count). The Labute approximate surface area is 161 Å². The van der Waals surface area contributed by atoms with E-state index in [-0.39, 0.29) is 23.5 Å². The number of hydrogen-bond acceptors (Lipinski definition) is 6. The maximum atomic E-state index is 12.1. The number of carbonyl (C=O) groups is 3. The number of carboxylic acids is 1. The quantitative estimate of drug-likeness (QED) is 0.425. The molecule has 0 heterocycles. The van der Waals surface area contributed by atoms with Crippen molar-refractivity contribution in [2.45, 2.75) is 78.0 Å². The molecule has 4 N–H and O–H groups in total. The fourth-order valence-corrected chi connectivity index (χ4v) is 4.00. The molecule has 1 saturated carbocycles. The second-order valence-electron chi connectivity index (χ2n) is 8.69. The predicted octanol–water partition coefficient (Wildman–Crippen LogP) is 1.46. The second kappa shape index (κ2) is 9.50. The minimum absolute atomic E-state index is 0.0598. The van der Waals surface area contributed by atoms with Crippen molar-refractivity contribution in [3.05, 3.63) is 0 Å². The molecule has 0 radical (unpaired) electrons. The van der Waals surface area contributed by atoms with Crippen LogP contribution in [0.2, 0.25) is 0 Å². The Kier molecular flexibility index (Phi) is 8.23. The molecule has 1 amide bonds. The molecule has 0 unspecified atom stereocenters. The van der Waals surface area contributed by atoms with Gasteiger partial charge in [-0.15, -0.1) is 0 Å². The number of amides is 1. The van der Waals surface area contributed by atoms with Gasteiger partial charge in [0.05, 0.1) is 32.3 Å². The molecule has 8 heteroatoms. The van der Waals surface area contributed by atoms with Gasteiger partial charge >= 0.3 is 11.9 Å². The maximum absolute atomic E-state index is 12.1. The van der Waals surface area contributed by atoms with Crippen LogP contribution in [0.15, 0.2) is 0 Å². The van der Waals surface area contributed by atoms with Crippen molar-refractivity contribution >= 4 is 17.8 Å². The standard InChI is InChI=1S/C19H34N2O6/c1-18(2)8-6-7-9-19(3,4)17(18)27-11-13(16(25)26-5)21-15(24)12(20)10-14(22)23/h12-13,17H,6-11,20H2,1-5H3,(H,21,24)(H,22,23)/t12-,13-/m0/s1. The topological polar surface area (TPSA) is 128 Å². The SMILES string of the molecule is COC(=O)[C@H](COC1C(C)(C)CCCCC1(C)C)NC(=O)[C@@H](N)CC(=O)O. The lowest BCUT2D eigenvalue weighted by molar-refractivity contribution is -0.152. The number of aliphatic carboxylic acids is 1. The lowest BCUT2D eigenvalue weighted by atomic mass is 9.71. The molecule has 8 nitrogen and oxygen atoms in total. The fourth-order valence-electron chi connectivity index (χ4n) is 4.00. The minimum Gasteiger partial charge on any atom is -0.481 e. The van der Waals surface area contributed by atoms with Crippen molar-refractivity contribution in [2.75, 3.05) is 13.7 Å². The fraction of sp³-hybridized carbons (Fsp3) is 0.842. The first-order chi connectivity index (χ1) is 12.4. The molecular weight excluding hydrogens is 352 g/mol. The third-order valence-electron chi connectivity index (χ3n) is 5.27. The average Bonchev–Trinajstić information content (AvgIpc) is 2.65. The predicted molar refractivity (Wildman–Crippen MR) is 99.9 cm³/mol. The van der Waals surface area contributed by atoms with Gasteiger partial charge in [-0.1, -0.05) is 40.5 Å². The van der Waals surface area contributed by atoms with E-state index >= 15 is 0 Å². The monoisotopic (exact) mass is 386 g/mol. The van der Waals surface area contributed by atoms with Gasteiger partial charge in [0.1, 0.15) is 0 Å². The Bertz CT molecular complexity index is 528. The zero-order chi connectivity index (χ0) is 20.8. The van der Waals surface area contributed by atoms with Crippen molar-refractivity contribution in [1.82, 2.24) is 5.32 Å². The maximum Gasteiger partial charge on any atom is 0.330 e. The summed E-state index contributed by atoms with van der Waals surface area (Å²) in [4.78, 5) is 34.9. The summed E-state index contributed by atoms with van der Waals surface area (Å²) in [6.45, 7) is 8.55. The van der Waals surface area contributed by atoms with Crippen LogP contribution in [0.3, 0.4) is 0 Å². The number of methoxy groups -OCH3 is 1. The molecule has 0 saturated heterocycles. The largest absolute Gasteiger partial charge is 0.481 e. The van der Waals surface area contributed by atoms with Crippen LogP contribution < -0.4 is 11.1 Å². The van der Waals surface area contributed by atoms with Crippen LogP contribution in [-0.4, -0.2) is 54.9 Å². The van der Waals surface area contributed by atoms with Crippen molar-refractivity contribution in [3.63, 3.8) is 0 Å². The van der Waals surface area contributed by atoms with E-state index in [0.717, 1.165) is 25.7 Å². The molecule has 156 valence electrons. The number of carboxylic acid groups (broad SMARTS) is 1. The average molecular weight is 386 g/mol. The molecule has 1 aliphatic rings. The summed E-state index contributed by atoms with van der Waals surface area (Å²) < 4.78 is 10.9. The van der Waals surface area contributed by atoms with E-state index in [4.69, 9.17) is 20.3 Å². The third kappa shape index (κ3) is 6.77. The molecule has 0 aromatic heterocycles. The summed E-state index contributed by atoms with van der Waals surface area (Å²) in [6, 6.07) is -2.29. The van der Waals surface area contributed by atoms with Crippen LogP contribution in [0.25, 0.3) is 0 Å². The summed E-state index contributed by atoms with van der Waals surface area (Å²) in [5.74, 6) is -2.57. The lowest BCUT2D eigenvalue weighted by Gasteiger charge is -2.43. The smallest absolute Gasteiger partial charge is 0.330 e. The van der Waals surface area contributed by atoms with Crippen molar-refractivity contribution in [1.29, 1.82) is 0 Å². The summed E-state index contributed by atoms with van der Waals surface area (Å²) in [7, 11) is 1.22. The zero-order valence-electron chi connectivity index (χ0n) is 17.0. The van der Waals surface area contributed by atoms with Gasteiger partial charge in [-0.3, -0.25) is 9.59 Å². The first kappa shape index (κ1) is 23.4. The Morgan fingerprint density at radius 3 is 2.11 bits per heavy atom. The number of rotatable bonds is 8. The van der Waals surface area contributed by atoms with Crippen LogP contribution in [-0.2, 0) is 23.9 Å². The molecule has 2 atom stereocenters. The Morgan fingerprint density at radius 1 is 1.15 bits per heavy atom. The molecule has 1 aliphatic carbocycles. The van der Waals surface area contributed by atoms with Gasteiger partial charge in [-0.25, -0.2) is 4.79 Å². The molecule has 1 fully saturated rings. The number of ether oxygens (including phenoxy) is 2. The lowest BCUT2D eigenvalue weighted by Crippen LogP contribution is -2.53. The highest BCUT2D eigenvalue weighted by molar-refractivity contribution is 5.89. The van der Waals surface area contributed by atoms with E-state index in [0.29, 0.717) is 0 Å². The van der Waals surface area contributed by atoms with Gasteiger partial charge in [0, 0.05) is 0 Å². The van der Waals surface area contributed by atoms with Crippen molar-refractivity contribution in [3.8, 4) is 0 Å².